The molecule has 21 heavy (non-hydrogen) atoms. The number of hydrogen-bond acceptors (Lipinski definition) is 5. The van der Waals surface area contributed by atoms with E-state index in [1.54, 1.807) is 11.0 Å². The molecule has 1 atom stereocenters. The van der Waals surface area contributed by atoms with Gasteiger partial charge in [0.2, 0.25) is 5.91 Å². The highest BCUT2D eigenvalue weighted by molar-refractivity contribution is 7.99. The molecule has 1 aliphatic rings. The molecule has 0 spiro atoms. The number of nitrogens with one attached hydrogen (secondary N) is 2. The Morgan fingerprint density at radius 1 is 1.43 bits per heavy atom. The number of benzene rings is 1. The third-order valence-corrected chi connectivity index (χ3v) is 4.40. The van der Waals surface area contributed by atoms with E-state index in [0.29, 0.717) is 6.42 Å². The van der Waals surface area contributed by atoms with Crippen molar-refractivity contribution in [1.29, 1.82) is 0 Å². The van der Waals surface area contributed by atoms with E-state index in [0.717, 1.165) is 29.4 Å². The van der Waals surface area contributed by atoms with Crippen molar-refractivity contribution in [2.45, 2.75) is 12.5 Å². The molecule has 3 rings (SSSR count). The second kappa shape index (κ2) is 6.73. The maximum absolute atomic E-state index is 12.0. The average molecular weight is 303 g/mol. The monoisotopic (exact) mass is 303 g/mol. The Kier molecular flexibility index (Phi) is 4.52. The fourth-order valence-electron chi connectivity index (χ4n) is 2.23. The van der Waals surface area contributed by atoms with Crippen LogP contribution in [0.1, 0.15) is 6.42 Å². The zero-order chi connectivity index (χ0) is 14.5. The van der Waals surface area contributed by atoms with Crippen LogP contribution in [0.5, 0.6) is 0 Å². The van der Waals surface area contributed by atoms with E-state index in [4.69, 9.17) is 0 Å². The molecule has 7 heteroatoms. The van der Waals surface area contributed by atoms with E-state index in [2.05, 4.69) is 20.7 Å². The average Bonchev–Trinajstić information content (AvgIpc) is 3.03. The van der Waals surface area contributed by atoms with Crippen molar-refractivity contribution in [3.05, 3.63) is 36.9 Å². The molecule has 6 nitrogen and oxygen atoms in total. The lowest BCUT2D eigenvalue weighted by molar-refractivity contribution is -0.116. The molecule has 1 saturated heterocycles. The fraction of sp³-hybridized carbons (Fsp3) is 0.357. The minimum Gasteiger partial charge on any atom is -0.326 e. The SMILES string of the molecule is O=C(C[C@@H]1CSCCN1)Nc1ccc(-n2cncn2)cc1. The molecular formula is C14H17N5OS. The van der Waals surface area contributed by atoms with Gasteiger partial charge in [0.15, 0.2) is 0 Å². The summed E-state index contributed by atoms with van der Waals surface area (Å²) in [7, 11) is 0. The van der Waals surface area contributed by atoms with Crippen molar-refractivity contribution in [3.8, 4) is 5.69 Å². The first kappa shape index (κ1) is 14.1. The van der Waals surface area contributed by atoms with Gasteiger partial charge >= 0.3 is 0 Å². The van der Waals surface area contributed by atoms with Crippen LogP contribution < -0.4 is 10.6 Å². The molecule has 110 valence electrons. The second-order valence-corrected chi connectivity index (χ2v) is 6.02. The maximum Gasteiger partial charge on any atom is 0.225 e. The number of nitrogens with zero attached hydrogens (tertiary/aromatic N) is 3. The Bertz CT molecular complexity index is 578. The summed E-state index contributed by atoms with van der Waals surface area (Å²) in [4.78, 5) is 15.9. The number of hydrogen-bond donors (Lipinski definition) is 2. The van der Waals surface area contributed by atoms with E-state index in [1.807, 2.05) is 36.0 Å². The molecule has 0 unspecified atom stereocenters. The standard InChI is InChI=1S/C14H17N5OS/c20-14(7-12-8-21-6-5-16-12)18-11-1-3-13(4-2-11)19-10-15-9-17-19/h1-4,9-10,12,16H,5-8H2,(H,18,20)/t12-/m1/s1. The summed E-state index contributed by atoms with van der Waals surface area (Å²) in [6, 6.07) is 7.83. The number of carbonyl (C=O) groups excluding carboxylic acids is 1. The van der Waals surface area contributed by atoms with Crippen molar-refractivity contribution in [1.82, 2.24) is 20.1 Å². The normalized spacial score (nSPS) is 18.4. The van der Waals surface area contributed by atoms with Crippen molar-refractivity contribution in [3.63, 3.8) is 0 Å². The number of anilines is 1. The van der Waals surface area contributed by atoms with E-state index in [9.17, 15) is 4.79 Å². The highest BCUT2D eigenvalue weighted by Gasteiger charge is 2.16. The van der Waals surface area contributed by atoms with Gasteiger partial charge < -0.3 is 10.6 Å². The summed E-state index contributed by atoms with van der Waals surface area (Å²) in [5.74, 6) is 2.17. The smallest absolute Gasteiger partial charge is 0.225 e. The van der Waals surface area contributed by atoms with E-state index in [-0.39, 0.29) is 11.9 Å². The van der Waals surface area contributed by atoms with Crippen LogP contribution in [0.3, 0.4) is 0 Å². The van der Waals surface area contributed by atoms with Gasteiger partial charge in [-0.05, 0) is 24.3 Å². The van der Waals surface area contributed by atoms with Gasteiger partial charge in [0.1, 0.15) is 12.7 Å². The topological polar surface area (TPSA) is 71.8 Å². The van der Waals surface area contributed by atoms with Gasteiger partial charge in [-0.2, -0.15) is 16.9 Å². The molecule has 1 aromatic heterocycles. The molecule has 0 radical (unpaired) electrons. The van der Waals surface area contributed by atoms with Crippen molar-refractivity contribution >= 4 is 23.4 Å². The molecule has 1 aromatic carbocycles. The van der Waals surface area contributed by atoms with E-state index < -0.39 is 0 Å². The quantitative estimate of drug-likeness (QED) is 0.891. The van der Waals surface area contributed by atoms with Crippen molar-refractivity contribution in [2.24, 2.45) is 0 Å². The molecule has 1 amide bonds. The summed E-state index contributed by atoms with van der Waals surface area (Å²) < 4.78 is 1.68. The molecule has 2 heterocycles. The first-order valence-corrected chi connectivity index (χ1v) is 8.03. The van der Waals surface area contributed by atoms with Crippen LogP contribution in [-0.2, 0) is 4.79 Å². The van der Waals surface area contributed by atoms with Gasteiger partial charge in [0, 0.05) is 36.2 Å². The highest BCUT2D eigenvalue weighted by Crippen LogP contribution is 2.14. The highest BCUT2D eigenvalue weighted by atomic mass is 32.2. The number of aromatic nitrogens is 3. The zero-order valence-corrected chi connectivity index (χ0v) is 12.3. The van der Waals surface area contributed by atoms with E-state index >= 15 is 0 Å². The van der Waals surface area contributed by atoms with Crippen molar-refractivity contribution < 1.29 is 4.79 Å². The van der Waals surface area contributed by atoms with Crippen LogP contribution in [0.25, 0.3) is 5.69 Å². The third kappa shape index (κ3) is 3.83. The van der Waals surface area contributed by atoms with Crippen LogP contribution in [0.2, 0.25) is 0 Å². The molecule has 0 saturated carbocycles. The fourth-order valence-corrected chi connectivity index (χ4v) is 3.17. The lowest BCUT2D eigenvalue weighted by atomic mass is 10.2. The summed E-state index contributed by atoms with van der Waals surface area (Å²) in [6.07, 6.45) is 3.64. The van der Waals surface area contributed by atoms with Gasteiger partial charge in [-0.3, -0.25) is 4.79 Å². The maximum atomic E-state index is 12.0. The van der Waals surface area contributed by atoms with Crippen LogP contribution in [0.15, 0.2) is 36.9 Å². The van der Waals surface area contributed by atoms with Gasteiger partial charge in [-0.25, -0.2) is 9.67 Å². The summed E-state index contributed by atoms with van der Waals surface area (Å²) in [5.41, 5.74) is 1.71. The van der Waals surface area contributed by atoms with Gasteiger partial charge in [-0.1, -0.05) is 0 Å². The Hall–Kier alpha value is -1.86. The number of rotatable bonds is 4. The predicted octanol–water partition coefficient (Wildman–Crippen LogP) is 1.30. The summed E-state index contributed by atoms with van der Waals surface area (Å²) in [5, 5.41) is 10.4. The lowest BCUT2D eigenvalue weighted by Gasteiger charge is -2.22. The first-order valence-electron chi connectivity index (χ1n) is 6.87. The Morgan fingerprint density at radius 3 is 2.95 bits per heavy atom. The second-order valence-electron chi connectivity index (χ2n) is 4.87. The minimum absolute atomic E-state index is 0.0449. The third-order valence-electron chi connectivity index (χ3n) is 3.26. The van der Waals surface area contributed by atoms with Crippen LogP contribution >= 0.6 is 11.8 Å². The van der Waals surface area contributed by atoms with Crippen molar-refractivity contribution in [2.75, 3.05) is 23.4 Å². The summed E-state index contributed by atoms with van der Waals surface area (Å²) >= 11 is 1.89. The molecule has 0 aliphatic carbocycles. The predicted molar refractivity (Wildman–Crippen MR) is 83.7 cm³/mol. The number of amides is 1. The number of thioether (sulfide) groups is 1. The van der Waals surface area contributed by atoms with Crippen LogP contribution in [-0.4, -0.2) is 44.8 Å². The Balaban J connectivity index is 1.56. The van der Waals surface area contributed by atoms with Gasteiger partial charge in [-0.15, -0.1) is 0 Å². The van der Waals surface area contributed by atoms with Crippen LogP contribution in [0, 0.1) is 0 Å². The molecule has 2 aromatic rings. The molecule has 1 aliphatic heterocycles. The molecular weight excluding hydrogens is 286 g/mol. The zero-order valence-electron chi connectivity index (χ0n) is 11.5. The molecule has 2 N–H and O–H groups in total. The van der Waals surface area contributed by atoms with Gasteiger partial charge in [0.25, 0.3) is 0 Å². The first-order chi connectivity index (χ1) is 10.3. The Labute approximate surface area is 127 Å². The lowest BCUT2D eigenvalue weighted by Crippen LogP contribution is -2.39. The van der Waals surface area contributed by atoms with Crippen LogP contribution in [0.4, 0.5) is 5.69 Å². The summed E-state index contributed by atoms with van der Waals surface area (Å²) in [6.45, 7) is 0.981. The van der Waals surface area contributed by atoms with Gasteiger partial charge in [0.05, 0.1) is 5.69 Å². The molecule has 1 fully saturated rings. The van der Waals surface area contributed by atoms with E-state index in [1.165, 1.54) is 6.33 Å². The molecule has 0 bridgehead atoms. The minimum atomic E-state index is 0.0449. The largest absolute Gasteiger partial charge is 0.326 e. The Morgan fingerprint density at radius 2 is 2.29 bits per heavy atom. The number of carbonyl (C=O) groups is 1.